The summed E-state index contributed by atoms with van der Waals surface area (Å²) >= 11 is 0. The van der Waals surface area contributed by atoms with Gasteiger partial charge in [-0.15, -0.1) is 0 Å². The first-order valence-electron chi connectivity index (χ1n) is 6.39. The van der Waals surface area contributed by atoms with E-state index in [1.165, 1.54) is 27.5 Å². The van der Waals surface area contributed by atoms with Crippen LogP contribution in [0.25, 0.3) is 5.69 Å². The van der Waals surface area contributed by atoms with Crippen molar-refractivity contribution in [3.63, 3.8) is 0 Å². The smallest absolute Gasteiger partial charge is 0.299 e. The fourth-order valence-corrected chi connectivity index (χ4v) is 1.94. The van der Waals surface area contributed by atoms with Crippen molar-refractivity contribution < 1.29 is 13.2 Å². The van der Waals surface area contributed by atoms with Crippen LogP contribution in [0, 0.1) is 0 Å². The van der Waals surface area contributed by atoms with Crippen molar-refractivity contribution in [2.24, 2.45) is 0 Å². The summed E-state index contributed by atoms with van der Waals surface area (Å²) in [5, 5.41) is 0. The number of aromatic nitrogens is 2. The van der Waals surface area contributed by atoms with Crippen LogP contribution in [0.3, 0.4) is 0 Å². The lowest BCUT2D eigenvalue weighted by Gasteiger charge is -2.08. The standard InChI is InChI=1S/C14H15F3N2O/c1-2-3-7-18-8-9-19(13(18)20)12-6-4-5-11(10-12)14(15,16)17/h4-6,8-10H,2-3,7H2,1H3. The Bertz CT molecular complexity index is 640. The minimum atomic E-state index is -4.41. The molecule has 20 heavy (non-hydrogen) atoms. The molecule has 0 atom stereocenters. The van der Waals surface area contributed by atoms with E-state index >= 15 is 0 Å². The molecule has 2 aromatic rings. The fraction of sp³-hybridized carbons (Fsp3) is 0.357. The monoisotopic (exact) mass is 284 g/mol. The largest absolute Gasteiger partial charge is 0.416 e. The fourth-order valence-electron chi connectivity index (χ4n) is 1.94. The van der Waals surface area contributed by atoms with E-state index in [0.717, 1.165) is 25.0 Å². The topological polar surface area (TPSA) is 26.9 Å². The molecule has 0 saturated heterocycles. The summed E-state index contributed by atoms with van der Waals surface area (Å²) in [4.78, 5) is 12.1. The third-order valence-electron chi connectivity index (χ3n) is 3.05. The van der Waals surface area contributed by atoms with Crippen LogP contribution in [-0.4, -0.2) is 9.13 Å². The van der Waals surface area contributed by atoms with Gasteiger partial charge in [-0.1, -0.05) is 19.4 Å². The van der Waals surface area contributed by atoms with Crippen LogP contribution in [0.2, 0.25) is 0 Å². The van der Waals surface area contributed by atoms with E-state index in [-0.39, 0.29) is 11.4 Å². The normalized spacial score (nSPS) is 11.8. The van der Waals surface area contributed by atoms with E-state index in [1.807, 2.05) is 6.92 Å². The number of nitrogens with zero attached hydrogens (tertiary/aromatic N) is 2. The Labute approximate surface area is 114 Å². The first kappa shape index (κ1) is 14.4. The van der Waals surface area contributed by atoms with Crippen molar-refractivity contribution >= 4 is 0 Å². The lowest BCUT2D eigenvalue weighted by atomic mass is 10.2. The highest BCUT2D eigenvalue weighted by Gasteiger charge is 2.30. The van der Waals surface area contributed by atoms with E-state index in [4.69, 9.17) is 0 Å². The molecule has 0 saturated carbocycles. The summed E-state index contributed by atoms with van der Waals surface area (Å²) in [6, 6.07) is 4.75. The minimum Gasteiger partial charge on any atom is -0.299 e. The van der Waals surface area contributed by atoms with E-state index in [0.29, 0.717) is 6.54 Å². The molecule has 0 unspecified atom stereocenters. The number of hydrogen-bond donors (Lipinski definition) is 0. The summed E-state index contributed by atoms with van der Waals surface area (Å²) < 4.78 is 40.7. The van der Waals surface area contributed by atoms with Gasteiger partial charge in [-0.3, -0.25) is 9.13 Å². The van der Waals surface area contributed by atoms with Crippen LogP contribution in [0.1, 0.15) is 25.3 Å². The summed E-state index contributed by atoms with van der Waals surface area (Å²) in [6.07, 6.45) is 0.476. The van der Waals surface area contributed by atoms with E-state index in [1.54, 1.807) is 6.20 Å². The summed E-state index contributed by atoms with van der Waals surface area (Å²) in [5.41, 5.74) is -0.860. The summed E-state index contributed by atoms with van der Waals surface area (Å²) in [7, 11) is 0. The van der Waals surface area contributed by atoms with Crippen LogP contribution in [0.15, 0.2) is 41.5 Å². The van der Waals surface area contributed by atoms with Crippen molar-refractivity contribution in [2.45, 2.75) is 32.5 Å². The van der Waals surface area contributed by atoms with Crippen LogP contribution in [0.5, 0.6) is 0 Å². The number of unbranched alkanes of at least 4 members (excludes halogenated alkanes) is 1. The molecule has 3 nitrogen and oxygen atoms in total. The molecular weight excluding hydrogens is 269 g/mol. The maximum atomic E-state index is 12.7. The van der Waals surface area contributed by atoms with E-state index < -0.39 is 11.7 Å². The Morgan fingerprint density at radius 2 is 1.95 bits per heavy atom. The Balaban J connectivity index is 2.38. The van der Waals surface area contributed by atoms with Gasteiger partial charge in [-0.2, -0.15) is 13.2 Å². The number of hydrogen-bond acceptors (Lipinski definition) is 1. The Hall–Kier alpha value is -1.98. The van der Waals surface area contributed by atoms with Crippen LogP contribution in [0.4, 0.5) is 13.2 Å². The molecule has 0 aliphatic carbocycles. The van der Waals surface area contributed by atoms with Gasteiger partial charge in [-0.05, 0) is 24.6 Å². The van der Waals surface area contributed by atoms with Gasteiger partial charge in [0.05, 0.1) is 11.3 Å². The third-order valence-corrected chi connectivity index (χ3v) is 3.05. The highest BCUT2D eigenvalue weighted by Crippen LogP contribution is 2.30. The molecule has 0 N–H and O–H groups in total. The predicted octanol–water partition coefficient (Wildman–Crippen LogP) is 3.46. The average Bonchev–Trinajstić information content (AvgIpc) is 2.77. The molecule has 0 aliphatic rings. The predicted molar refractivity (Wildman–Crippen MR) is 69.9 cm³/mol. The zero-order valence-corrected chi connectivity index (χ0v) is 11.0. The highest BCUT2D eigenvalue weighted by atomic mass is 19.4. The van der Waals surface area contributed by atoms with Gasteiger partial charge in [-0.25, -0.2) is 4.79 Å². The molecule has 0 spiro atoms. The number of alkyl halides is 3. The SMILES string of the molecule is CCCCn1ccn(-c2cccc(C(F)(F)F)c2)c1=O. The van der Waals surface area contributed by atoms with Crippen molar-refractivity contribution in [3.05, 3.63) is 52.7 Å². The molecule has 1 aromatic heterocycles. The van der Waals surface area contributed by atoms with Gasteiger partial charge in [0.2, 0.25) is 0 Å². The second-order valence-corrected chi connectivity index (χ2v) is 4.55. The molecule has 6 heteroatoms. The quantitative estimate of drug-likeness (QED) is 0.844. The average molecular weight is 284 g/mol. The van der Waals surface area contributed by atoms with Crippen LogP contribution in [-0.2, 0) is 12.7 Å². The molecule has 0 aliphatic heterocycles. The number of halogens is 3. The number of imidazole rings is 1. The van der Waals surface area contributed by atoms with Gasteiger partial charge in [0.25, 0.3) is 0 Å². The Morgan fingerprint density at radius 1 is 1.20 bits per heavy atom. The maximum absolute atomic E-state index is 12.7. The van der Waals surface area contributed by atoms with Crippen molar-refractivity contribution in [1.82, 2.24) is 9.13 Å². The Kier molecular flexibility index (Phi) is 4.01. The van der Waals surface area contributed by atoms with Gasteiger partial charge in [0.1, 0.15) is 0 Å². The molecule has 0 bridgehead atoms. The van der Waals surface area contributed by atoms with E-state index in [2.05, 4.69) is 0 Å². The molecule has 108 valence electrons. The molecule has 1 heterocycles. The summed E-state index contributed by atoms with van der Waals surface area (Å²) in [6.45, 7) is 2.58. The van der Waals surface area contributed by atoms with Crippen LogP contribution >= 0.6 is 0 Å². The van der Waals surface area contributed by atoms with Crippen LogP contribution < -0.4 is 5.69 Å². The number of aryl methyl sites for hydroxylation is 1. The zero-order chi connectivity index (χ0) is 14.8. The lowest BCUT2D eigenvalue weighted by molar-refractivity contribution is -0.137. The van der Waals surface area contributed by atoms with Gasteiger partial charge in [0, 0.05) is 18.9 Å². The molecule has 0 amide bonds. The minimum absolute atomic E-state index is 0.222. The van der Waals surface area contributed by atoms with E-state index in [9.17, 15) is 18.0 Å². The second-order valence-electron chi connectivity index (χ2n) is 4.55. The molecular formula is C14H15F3N2O. The lowest BCUT2D eigenvalue weighted by Crippen LogP contribution is -2.23. The molecule has 0 fully saturated rings. The zero-order valence-electron chi connectivity index (χ0n) is 11.0. The van der Waals surface area contributed by atoms with Crippen molar-refractivity contribution in [1.29, 1.82) is 0 Å². The van der Waals surface area contributed by atoms with Gasteiger partial charge < -0.3 is 0 Å². The Morgan fingerprint density at radius 3 is 2.60 bits per heavy atom. The van der Waals surface area contributed by atoms with Crippen molar-refractivity contribution in [2.75, 3.05) is 0 Å². The third kappa shape index (κ3) is 2.95. The van der Waals surface area contributed by atoms with Gasteiger partial charge in [0.15, 0.2) is 0 Å². The first-order valence-corrected chi connectivity index (χ1v) is 6.39. The first-order chi connectivity index (χ1) is 9.43. The van der Waals surface area contributed by atoms with Crippen molar-refractivity contribution in [3.8, 4) is 5.69 Å². The summed E-state index contributed by atoms with van der Waals surface area (Å²) in [5.74, 6) is 0. The second kappa shape index (κ2) is 5.56. The molecule has 2 rings (SSSR count). The molecule has 0 radical (unpaired) electrons. The molecule has 1 aromatic carbocycles. The maximum Gasteiger partial charge on any atom is 0.416 e. The number of rotatable bonds is 4. The van der Waals surface area contributed by atoms with Gasteiger partial charge >= 0.3 is 11.9 Å². The highest BCUT2D eigenvalue weighted by molar-refractivity contribution is 5.37. The number of benzene rings is 1.